The number of thiocarbonyl (C=S) groups is 1. The zero-order valence-corrected chi connectivity index (χ0v) is 17.5. The van der Waals surface area contributed by atoms with Crippen LogP contribution in [0.3, 0.4) is 0 Å². The zero-order chi connectivity index (χ0) is 20.9. The first kappa shape index (κ1) is 20.4. The normalized spacial score (nSPS) is 17.5. The van der Waals surface area contributed by atoms with Gasteiger partial charge in [0.05, 0.1) is 6.54 Å². The molecule has 154 valence electrons. The van der Waals surface area contributed by atoms with E-state index in [0.717, 1.165) is 43.5 Å². The fourth-order valence-electron chi connectivity index (χ4n) is 3.78. The van der Waals surface area contributed by atoms with Gasteiger partial charge in [-0.15, -0.1) is 0 Å². The molecule has 7 heteroatoms. The molecule has 6 nitrogen and oxygen atoms in total. The van der Waals surface area contributed by atoms with Crippen LogP contribution < -0.4 is 5.32 Å². The van der Waals surface area contributed by atoms with E-state index in [-0.39, 0.29) is 11.6 Å². The molecule has 2 aliphatic rings. The van der Waals surface area contributed by atoms with Gasteiger partial charge in [0.1, 0.15) is 5.92 Å². The van der Waals surface area contributed by atoms with Crippen molar-refractivity contribution in [3.8, 4) is 0 Å². The van der Waals surface area contributed by atoms with Crippen LogP contribution in [0.25, 0.3) is 0 Å². The Morgan fingerprint density at radius 2 is 1.57 bits per heavy atom. The molecule has 2 aromatic rings. The molecule has 0 amide bonds. The molecule has 0 aromatic heterocycles. The van der Waals surface area contributed by atoms with Crippen LogP contribution in [-0.2, 0) is 0 Å². The zero-order valence-electron chi connectivity index (χ0n) is 16.7. The van der Waals surface area contributed by atoms with Gasteiger partial charge in [-0.2, -0.15) is 0 Å². The van der Waals surface area contributed by atoms with E-state index >= 15 is 0 Å². The van der Waals surface area contributed by atoms with Crippen molar-refractivity contribution < 1.29 is 9.59 Å². The second-order valence-corrected chi connectivity index (χ2v) is 7.82. The summed E-state index contributed by atoms with van der Waals surface area (Å²) < 4.78 is 0. The van der Waals surface area contributed by atoms with Crippen molar-refractivity contribution >= 4 is 40.8 Å². The Kier molecular flexibility index (Phi) is 6.30. The van der Waals surface area contributed by atoms with Gasteiger partial charge in [0.2, 0.25) is 0 Å². The van der Waals surface area contributed by atoms with Gasteiger partial charge >= 0.3 is 0 Å². The van der Waals surface area contributed by atoms with Crippen molar-refractivity contribution in [3.05, 3.63) is 65.7 Å². The highest BCUT2D eigenvalue weighted by Gasteiger charge is 2.36. The van der Waals surface area contributed by atoms with E-state index < -0.39 is 5.92 Å². The van der Waals surface area contributed by atoms with Gasteiger partial charge in [-0.05, 0) is 24.4 Å². The lowest BCUT2D eigenvalue weighted by molar-refractivity contribution is 0.0886. The summed E-state index contributed by atoms with van der Waals surface area (Å²) in [5.74, 6) is -1.06. The first-order valence-corrected chi connectivity index (χ1v) is 10.5. The largest absolute Gasteiger partial charge is 0.346 e. The average Bonchev–Trinajstić information content (AvgIpc) is 3.02. The number of rotatable bonds is 5. The van der Waals surface area contributed by atoms with Crippen LogP contribution in [-0.4, -0.2) is 72.0 Å². The molecule has 1 saturated heterocycles. The van der Waals surface area contributed by atoms with Crippen molar-refractivity contribution in [1.82, 2.24) is 9.80 Å². The van der Waals surface area contributed by atoms with Crippen molar-refractivity contribution in [2.24, 2.45) is 10.9 Å². The first-order chi connectivity index (χ1) is 14.6. The number of nitrogens with zero attached hydrogens (tertiary/aromatic N) is 3. The minimum Gasteiger partial charge on any atom is -0.346 e. The molecule has 2 aromatic carbocycles. The average molecular weight is 421 g/mol. The number of carbonyl (C=O) groups is 2. The number of ketones is 2. The topological polar surface area (TPSA) is 65.0 Å². The summed E-state index contributed by atoms with van der Waals surface area (Å²) in [6, 6.07) is 16.9. The van der Waals surface area contributed by atoms with Gasteiger partial charge in [0, 0.05) is 55.8 Å². The number of piperazine rings is 1. The minimum absolute atomic E-state index is 0.146. The molecule has 1 aliphatic carbocycles. The summed E-state index contributed by atoms with van der Waals surface area (Å²) >= 11 is 5.52. The number of aliphatic imine (C=N–C) groups is 1. The highest BCUT2D eigenvalue weighted by Crippen LogP contribution is 2.25. The van der Waals surface area contributed by atoms with Gasteiger partial charge in [0.25, 0.3) is 0 Å². The quantitative estimate of drug-likeness (QED) is 0.456. The molecule has 1 heterocycles. The second kappa shape index (κ2) is 9.28. The Morgan fingerprint density at radius 1 is 0.967 bits per heavy atom. The number of anilines is 1. The third-order valence-corrected chi connectivity index (χ3v) is 5.87. The maximum Gasteiger partial charge on any atom is 0.179 e. The van der Waals surface area contributed by atoms with Gasteiger partial charge in [-0.1, -0.05) is 42.5 Å². The highest BCUT2D eigenvalue weighted by molar-refractivity contribution is 7.80. The molecule has 1 N–H and O–H groups in total. The summed E-state index contributed by atoms with van der Waals surface area (Å²) in [7, 11) is 0. The molecular weight excluding hydrogens is 396 g/mol. The van der Waals surface area contributed by atoms with Crippen LogP contribution in [0.5, 0.6) is 0 Å². The standard InChI is InChI=1S/C23H24N4O2S/c28-21-18-8-4-5-9-19(18)22(29)20(21)16-24-10-11-26-12-14-27(15-13-26)23(30)25-17-6-2-1-3-7-17/h1-9,16,20H,10-15H2,(H,25,30). The number of benzene rings is 2. The number of fused-ring (bicyclic) bond motifs is 1. The molecule has 30 heavy (non-hydrogen) atoms. The molecule has 0 spiro atoms. The molecular formula is C23H24N4O2S. The van der Waals surface area contributed by atoms with Crippen LogP contribution in [0, 0.1) is 5.92 Å². The number of para-hydroxylation sites is 1. The number of carbonyl (C=O) groups excluding carboxylic acids is 2. The molecule has 0 unspecified atom stereocenters. The first-order valence-electron chi connectivity index (χ1n) is 10.1. The maximum atomic E-state index is 12.4. The highest BCUT2D eigenvalue weighted by atomic mass is 32.1. The summed E-state index contributed by atoms with van der Waals surface area (Å²) in [4.78, 5) is 33.7. The molecule has 0 saturated carbocycles. The van der Waals surface area contributed by atoms with Crippen molar-refractivity contribution in [2.45, 2.75) is 0 Å². The van der Waals surface area contributed by atoms with Crippen molar-refractivity contribution in [3.63, 3.8) is 0 Å². The molecule has 0 bridgehead atoms. The molecule has 0 atom stereocenters. The third-order valence-electron chi connectivity index (χ3n) is 5.51. The van der Waals surface area contributed by atoms with Crippen LogP contribution in [0.1, 0.15) is 20.7 Å². The van der Waals surface area contributed by atoms with Crippen LogP contribution in [0.15, 0.2) is 59.6 Å². The van der Waals surface area contributed by atoms with E-state index in [2.05, 4.69) is 20.1 Å². The van der Waals surface area contributed by atoms with Crippen LogP contribution in [0.2, 0.25) is 0 Å². The predicted octanol–water partition coefficient (Wildman–Crippen LogP) is 2.77. The van der Waals surface area contributed by atoms with E-state index in [1.54, 1.807) is 24.3 Å². The fraction of sp³-hybridized carbons (Fsp3) is 0.304. The SMILES string of the molecule is O=C1c2ccccc2C(=O)C1C=NCCN1CCN(C(=S)Nc2ccccc2)CC1. The van der Waals surface area contributed by atoms with Crippen LogP contribution >= 0.6 is 12.2 Å². The maximum absolute atomic E-state index is 12.4. The number of hydrogen-bond donors (Lipinski definition) is 1. The number of hydrogen-bond acceptors (Lipinski definition) is 5. The van der Waals surface area contributed by atoms with E-state index in [1.807, 2.05) is 30.3 Å². The molecule has 0 radical (unpaired) electrons. The van der Waals surface area contributed by atoms with Crippen LogP contribution in [0.4, 0.5) is 5.69 Å². The lowest BCUT2D eigenvalue weighted by Crippen LogP contribution is -2.50. The minimum atomic E-state index is -0.763. The second-order valence-electron chi connectivity index (χ2n) is 7.43. The Hall–Kier alpha value is -2.90. The van der Waals surface area contributed by atoms with Gasteiger partial charge in [-0.3, -0.25) is 19.5 Å². The Balaban J connectivity index is 1.21. The van der Waals surface area contributed by atoms with Gasteiger partial charge < -0.3 is 10.2 Å². The lowest BCUT2D eigenvalue weighted by atomic mass is 10.1. The number of nitrogens with one attached hydrogen (secondary N) is 1. The Labute approximate surface area is 181 Å². The third kappa shape index (κ3) is 4.47. The van der Waals surface area contributed by atoms with E-state index in [9.17, 15) is 9.59 Å². The van der Waals surface area contributed by atoms with E-state index in [4.69, 9.17) is 12.2 Å². The Morgan fingerprint density at radius 3 is 2.20 bits per heavy atom. The van der Waals surface area contributed by atoms with Gasteiger partial charge in [0.15, 0.2) is 16.7 Å². The molecule has 1 aliphatic heterocycles. The van der Waals surface area contributed by atoms with Crippen molar-refractivity contribution in [2.75, 3.05) is 44.6 Å². The summed E-state index contributed by atoms with van der Waals surface area (Å²) in [6.45, 7) is 4.89. The summed E-state index contributed by atoms with van der Waals surface area (Å²) in [5.41, 5.74) is 2.02. The molecule has 1 fully saturated rings. The van der Waals surface area contributed by atoms with Gasteiger partial charge in [-0.25, -0.2) is 0 Å². The number of Topliss-reactive ketones (excluding diaryl/α,β-unsaturated/α-hetero) is 2. The van der Waals surface area contributed by atoms with E-state index in [0.29, 0.717) is 17.7 Å². The monoisotopic (exact) mass is 420 g/mol. The smallest absolute Gasteiger partial charge is 0.179 e. The lowest BCUT2D eigenvalue weighted by Gasteiger charge is -2.36. The fourth-order valence-corrected chi connectivity index (χ4v) is 4.08. The Bertz CT molecular complexity index is 933. The summed E-state index contributed by atoms with van der Waals surface area (Å²) in [6.07, 6.45) is 1.53. The van der Waals surface area contributed by atoms with Crippen molar-refractivity contribution in [1.29, 1.82) is 0 Å². The predicted molar refractivity (Wildman–Crippen MR) is 123 cm³/mol. The van der Waals surface area contributed by atoms with E-state index in [1.165, 1.54) is 6.21 Å². The summed E-state index contributed by atoms with van der Waals surface area (Å²) in [5, 5.41) is 4.02. The molecule has 4 rings (SSSR count).